The first kappa shape index (κ1) is 10.2. The van der Waals surface area contributed by atoms with Gasteiger partial charge >= 0.3 is 5.97 Å². The Bertz CT molecular complexity index is 352. The molecule has 6 heteroatoms. The molecule has 0 aliphatic heterocycles. The van der Waals surface area contributed by atoms with Crippen LogP contribution in [0.3, 0.4) is 0 Å². The van der Waals surface area contributed by atoms with E-state index in [1.807, 2.05) is 0 Å². The number of methoxy groups -OCH3 is 1. The molecule has 0 bridgehead atoms. The van der Waals surface area contributed by atoms with Crippen molar-refractivity contribution >= 4 is 11.9 Å². The number of ether oxygens (including phenoxy) is 1. The highest BCUT2D eigenvalue weighted by atomic mass is 16.5. The number of hydrogen-bond acceptors (Lipinski definition) is 5. The molecule has 1 N–H and O–H groups in total. The second-order valence-electron chi connectivity index (χ2n) is 2.80. The molecule has 0 atom stereocenters. The van der Waals surface area contributed by atoms with Gasteiger partial charge in [-0.3, -0.25) is 0 Å². The van der Waals surface area contributed by atoms with E-state index in [0.29, 0.717) is 5.95 Å². The number of hydrogen-bond donors (Lipinski definition) is 1. The molecule has 0 unspecified atom stereocenters. The second-order valence-corrected chi connectivity index (χ2v) is 2.80. The van der Waals surface area contributed by atoms with Crippen molar-refractivity contribution in [1.82, 2.24) is 9.97 Å². The average Bonchev–Trinajstić information content (AvgIpc) is 2.16. The van der Waals surface area contributed by atoms with Crippen LogP contribution in [0.1, 0.15) is 10.5 Å². The Morgan fingerprint density at radius 3 is 2.57 bits per heavy atom. The van der Waals surface area contributed by atoms with Gasteiger partial charge < -0.3 is 14.7 Å². The van der Waals surface area contributed by atoms with Crippen molar-refractivity contribution in [1.29, 1.82) is 0 Å². The third-order valence-corrected chi connectivity index (χ3v) is 1.52. The van der Waals surface area contributed by atoms with Gasteiger partial charge in [0.2, 0.25) is 11.8 Å². The van der Waals surface area contributed by atoms with Crippen LogP contribution < -0.4 is 9.64 Å². The molecule has 1 rings (SSSR count). The van der Waals surface area contributed by atoms with Crippen molar-refractivity contribution in [3.05, 3.63) is 11.8 Å². The summed E-state index contributed by atoms with van der Waals surface area (Å²) >= 11 is 0. The highest BCUT2D eigenvalue weighted by Gasteiger charge is 2.11. The van der Waals surface area contributed by atoms with E-state index in [-0.39, 0.29) is 11.6 Å². The second kappa shape index (κ2) is 3.91. The van der Waals surface area contributed by atoms with Crippen LogP contribution in [-0.2, 0) is 0 Å². The van der Waals surface area contributed by atoms with Crippen molar-refractivity contribution in [3.8, 4) is 5.88 Å². The number of rotatable bonds is 3. The zero-order valence-electron chi connectivity index (χ0n) is 8.18. The lowest BCUT2D eigenvalue weighted by molar-refractivity contribution is 0.0690. The van der Waals surface area contributed by atoms with Crippen LogP contribution in [0, 0.1) is 0 Å². The first-order chi connectivity index (χ1) is 6.54. The van der Waals surface area contributed by atoms with Gasteiger partial charge in [0, 0.05) is 20.2 Å². The van der Waals surface area contributed by atoms with Crippen molar-refractivity contribution in [2.24, 2.45) is 0 Å². The summed E-state index contributed by atoms with van der Waals surface area (Å²) in [6.07, 6.45) is 0. The first-order valence-electron chi connectivity index (χ1n) is 3.88. The fourth-order valence-corrected chi connectivity index (χ4v) is 0.827. The minimum absolute atomic E-state index is 0.0828. The van der Waals surface area contributed by atoms with Crippen LogP contribution >= 0.6 is 0 Å². The summed E-state index contributed by atoms with van der Waals surface area (Å²) in [5, 5.41) is 8.75. The minimum atomic E-state index is -1.10. The Labute approximate surface area is 81.2 Å². The number of carboxylic acids is 1. The lowest BCUT2D eigenvalue weighted by Gasteiger charge is -2.11. The van der Waals surface area contributed by atoms with E-state index >= 15 is 0 Å². The summed E-state index contributed by atoms with van der Waals surface area (Å²) in [5.41, 5.74) is -0.0828. The van der Waals surface area contributed by atoms with E-state index < -0.39 is 5.97 Å². The van der Waals surface area contributed by atoms with Gasteiger partial charge in [-0.15, -0.1) is 0 Å². The zero-order chi connectivity index (χ0) is 10.7. The molecule has 0 aliphatic rings. The maximum Gasteiger partial charge on any atom is 0.354 e. The Morgan fingerprint density at radius 1 is 1.50 bits per heavy atom. The van der Waals surface area contributed by atoms with Crippen LogP contribution in [0.15, 0.2) is 6.07 Å². The monoisotopic (exact) mass is 197 g/mol. The van der Waals surface area contributed by atoms with E-state index in [9.17, 15) is 4.79 Å². The normalized spacial score (nSPS) is 9.64. The van der Waals surface area contributed by atoms with Crippen molar-refractivity contribution in [2.75, 3.05) is 26.1 Å². The Kier molecular flexibility index (Phi) is 2.85. The SMILES string of the molecule is COc1cc(C(=O)O)nc(N(C)C)n1. The first-order valence-corrected chi connectivity index (χ1v) is 3.88. The molecule has 1 heterocycles. The summed E-state index contributed by atoms with van der Waals surface area (Å²) in [4.78, 5) is 20.1. The Balaban J connectivity index is 3.20. The molecule has 0 saturated heterocycles. The molecule has 0 amide bonds. The lowest BCUT2D eigenvalue weighted by atomic mass is 10.4. The fraction of sp³-hybridized carbons (Fsp3) is 0.375. The Hall–Kier alpha value is -1.85. The highest BCUT2D eigenvalue weighted by Crippen LogP contribution is 2.13. The largest absolute Gasteiger partial charge is 0.481 e. The molecule has 14 heavy (non-hydrogen) atoms. The van der Waals surface area contributed by atoms with Crippen LogP contribution in [0.5, 0.6) is 5.88 Å². The molecule has 0 spiro atoms. The number of nitrogens with zero attached hydrogens (tertiary/aromatic N) is 3. The molecule has 0 saturated carbocycles. The molecule has 1 aromatic rings. The summed E-state index contributed by atoms with van der Waals surface area (Å²) in [6.45, 7) is 0. The summed E-state index contributed by atoms with van der Waals surface area (Å²) < 4.78 is 4.85. The van der Waals surface area contributed by atoms with Crippen molar-refractivity contribution < 1.29 is 14.6 Å². The molecule has 0 aliphatic carbocycles. The molecule has 6 nitrogen and oxygen atoms in total. The van der Waals surface area contributed by atoms with Crippen molar-refractivity contribution in [2.45, 2.75) is 0 Å². The molecular weight excluding hydrogens is 186 g/mol. The summed E-state index contributed by atoms with van der Waals surface area (Å²) in [7, 11) is 4.87. The lowest BCUT2D eigenvalue weighted by Crippen LogP contribution is -2.15. The minimum Gasteiger partial charge on any atom is -0.481 e. The Morgan fingerprint density at radius 2 is 2.14 bits per heavy atom. The number of carbonyl (C=O) groups is 1. The topological polar surface area (TPSA) is 75.6 Å². The maximum absolute atomic E-state index is 10.7. The molecule has 0 fully saturated rings. The predicted molar refractivity (Wildman–Crippen MR) is 49.9 cm³/mol. The number of aromatic nitrogens is 2. The standard InChI is InChI=1S/C8H11N3O3/c1-11(2)8-9-5(7(12)13)4-6(10-8)14-3/h4H,1-3H3,(H,12,13). The quantitative estimate of drug-likeness (QED) is 0.748. The number of anilines is 1. The molecule has 0 aromatic carbocycles. The smallest absolute Gasteiger partial charge is 0.354 e. The van der Waals surface area contributed by atoms with Gasteiger partial charge in [0.15, 0.2) is 5.69 Å². The van der Waals surface area contributed by atoms with Gasteiger partial charge in [0.1, 0.15) is 0 Å². The van der Waals surface area contributed by atoms with E-state index in [1.165, 1.54) is 13.2 Å². The van der Waals surface area contributed by atoms with Gasteiger partial charge in [0.25, 0.3) is 0 Å². The van der Waals surface area contributed by atoms with Crippen LogP contribution in [0.25, 0.3) is 0 Å². The third-order valence-electron chi connectivity index (χ3n) is 1.52. The molecule has 76 valence electrons. The van der Waals surface area contributed by atoms with Gasteiger partial charge in [-0.2, -0.15) is 4.98 Å². The van der Waals surface area contributed by atoms with Gasteiger partial charge in [-0.05, 0) is 0 Å². The number of aromatic carboxylic acids is 1. The van der Waals surface area contributed by atoms with Gasteiger partial charge in [0.05, 0.1) is 7.11 Å². The molecule has 0 radical (unpaired) electrons. The third kappa shape index (κ3) is 2.09. The highest BCUT2D eigenvalue weighted by molar-refractivity contribution is 5.86. The van der Waals surface area contributed by atoms with E-state index in [2.05, 4.69) is 9.97 Å². The van der Waals surface area contributed by atoms with Crippen LogP contribution in [0.4, 0.5) is 5.95 Å². The van der Waals surface area contributed by atoms with Crippen molar-refractivity contribution in [3.63, 3.8) is 0 Å². The van der Waals surface area contributed by atoms with E-state index in [4.69, 9.17) is 9.84 Å². The van der Waals surface area contributed by atoms with Crippen LogP contribution in [0.2, 0.25) is 0 Å². The maximum atomic E-state index is 10.7. The van der Waals surface area contributed by atoms with Crippen LogP contribution in [-0.4, -0.2) is 42.2 Å². The fourth-order valence-electron chi connectivity index (χ4n) is 0.827. The summed E-state index contributed by atoms with van der Waals surface area (Å²) in [5.74, 6) is -0.559. The average molecular weight is 197 g/mol. The number of carboxylic acid groups (broad SMARTS) is 1. The molecule has 1 aromatic heterocycles. The van der Waals surface area contributed by atoms with Gasteiger partial charge in [-0.25, -0.2) is 9.78 Å². The van der Waals surface area contributed by atoms with E-state index in [0.717, 1.165) is 0 Å². The summed E-state index contributed by atoms with van der Waals surface area (Å²) in [6, 6.07) is 1.27. The van der Waals surface area contributed by atoms with E-state index in [1.54, 1.807) is 19.0 Å². The predicted octanol–water partition coefficient (Wildman–Crippen LogP) is 0.249. The zero-order valence-corrected chi connectivity index (χ0v) is 8.18. The molecular formula is C8H11N3O3. The van der Waals surface area contributed by atoms with Gasteiger partial charge in [-0.1, -0.05) is 0 Å².